The molecule has 6 nitrogen and oxygen atoms in total. The van der Waals surface area contributed by atoms with Crippen molar-refractivity contribution in [2.75, 3.05) is 6.54 Å². The first-order valence-electron chi connectivity index (χ1n) is 8.98. The highest BCUT2D eigenvalue weighted by atomic mass is 32.1. The molecule has 0 spiro atoms. The third-order valence-electron chi connectivity index (χ3n) is 4.82. The summed E-state index contributed by atoms with van der Waals surface area (Å²) in [4.78, 5) is 31.2. The molecule has 7 heteroatoms. The van der Waals surface area contributed by atoms with Crippen LogP contribution in [-0.4, -0.2) is 37.8 Å². The minimum Gasteiger partial charge on any atom is -0.507 e. The van der Waals surface area contributed by atoms with Gasteiger partial charge in [0.05, 0.1) is 17.9 Å². The van der Waals surface area contributed by atoms with Gasteiger partial charge in [-0.1, -0.05) is 30.3 Å². The zero-order valence-corrected chi connectivity index (χ0v) is 15.9. The molecule has 142 valence electrons. The van der Waals surface area contributed by atoms with Crippen molar-refractivity contribution in [3.05, 3.63) is 82.6 Å². The predicted molar refractivity (Wildman–Crippen MR) is 107 cm³/mol. The fourth-order valence-corrected chi connectivity index (χ4v) is 4.16. The van der Waals surface area contributed by atoms with Gasteiger partial charge in [0.2, 0.25) is 0 Å². The van der Waals surface area contributed by atoms with E-state index in [9.17, 15) is 14.7 Å². The molecule has 1 fully saturated rings. The van der Waals surface area contributed by atoms with E-state index in [0.717, 1.165) is 5.56 Å². The van der Waals surface area contributed by atoms with E-state index in [1.807, 2.05) is 33.7 Å². The molecular formula is C21H19N3O3S. The van der Waals surface area contributed by atoms with E-state index in [0.29, 0.717) is 25.1 Å². The Morgan fingerprint density at radius 2 is 1.96 bits per heavy atom. The summed E-state index contributed by atoms with van der Waals surface area (Å²) < 4.78 is 1.93. The molecule has 1 amide bonds. The van der Waals surface area contributed by atoms with E-state index in [4.69, 9.17) is 0 Å². The first kappa shape index (κ1) is 18.2. The third kappa shape index (κ3) is 3.36. The number of carbonyl (C=O) groups excluding carboxylic acids is 2. The van der Waals surface area contributed by atoms with Gasteiger partial charge in [0.25, 0.3) is 11.7 Å². The van der Waals surface area contributed by atoms with E-state index in [1.54, 1.807) is 41.7 Å². The molecule has 4 rings (SSSR count). The molecule has 28 heavy (non-hydrogen) atoms. The number of carbonyl (C=O) groups is 2. The molecule has 1 aromatic carbocycles. The number of hydrogen-bond acceptors (Lipinski definition) is 5. The summed E-state index contributed by atoms with van der Waals surface area (Å²) >= 11 is 1.50. The van der Waals surface area contributed by atoms with Crippen molar-refractivity contribution in [2.45, 2.75) is 19.0 Å². The van der Waals surface area contributed by atoms with Crippen LogP contribution in [0.4, 0.5) is 0 Å². The number of aliphatic hydroxyl groups excluding tert-OH is 1. The lowest BCUT2D eigenvalue weighted by Crippen LogP contribution is -2.31. The lowest BCUT2D eigenvalue weighted by atomic mass is 9.97. The van der Waals surface area contributed by atoms with E-state index >= 15 is 0 Å². The number of ketones is 1. The topological polar surface area (TPSA) is 75.4 Å². The molecule has 1 atom stereocenters. The van der Waals surface area contributed by atoms with Crippen LogP contribution in [0.25, 0.3) is 5.76 Å². The molecule has 1 unspecified atom stereocenters. The molecule has 1 aliphatic rings. The van der Waals surface area contributed by atoms with E-state index in [1.165, 1.54) is 11.3 Å². The van der Waals surface area contributed by atoms with Crippen LogP contribution in [0.2, 0.25) is 0 Å². The number of hydrogen-bond donors (Lipinski definition) is 1. The maximum absolute atomic E-state index is 12.8. The van der Waals surface area contributed by atoms with Gasteiger partial charge in [-0.2, -0.15) is 11.3 Å². The number of aliphatic hydroxyl groups is 1. The Bertz CT molecular complexity index is 995. The Morgan fingerprint density at radius 1 is 1.14 bits per heavy atom. The summed E-state index contributed by atoms with van der Waals surface area (Å²) in [5, 5.41) is 14.7. The maximum atomic E-state index is 12.8. The number of thiophene rings is 1. The zero-order valence-electron chi connectivity index (χ0n) is 15.1. The Balaban J connectivity index is 1.68. The molecule has 0 aliphatic carbocycles. The van der Waals surface area contributed by atoms with Gasteiger partial charge >= 0.3 is 0 Å². The highest BCUT2D eigenvalue weighted by Crippen LogP contribution is 2.40. The predicted octanol–water partition coefficient (Wildman–Crippen LogP) is 3.46. The normalized spacial score (nSPS) is 18.7. The maximum Gasteiger partial charge on any atom is 0.295 e. The smallest absolute Gasteiger partial charge is 0.295 e. The SMILES string of the molecule is O=C1C(=O)N(CCCn2ccnc2)C(c2ccsc2)/C1=C(/O)c1ccccc1. The van der Waals surface area contributed by atoms with Crippen molar-refractivity contribution in [1.29, 1.82) is 0 Å². The first-order valence-corrected chi connectivity index (χ1v) is 9.93. The van der Waals surface area contributed by atoms with Crippen LogP contribution >= 0.6 is 11.3 Å². The lowest BCUT2D eigenvalue weighted by Gasteiger charge is -2.24. The molecule has 0 saturated carbocycles. The van der Waals surface area contributed by atoms with Crippen molar-refractivity contribution in [3.63, 3.8) is 0 Å². The van der Waals surface area contributed by atoms with Crippen molar-refractivity contribution >= 4 is 28.8 Å². The van der Waals surface area contributed by atoms with Gasteiger partial charge in [0, 0.05) is 31.0 Å². The quantitative estimate of drug-likeness (QED) is 0.395. The first-order chi connectivity index (χ1) is 13.7. The number of aryl methyl sites for hydroxylation is 1. The molecule has 2 aromatic heterocycles. The fraction of sp³-hybridized carbons (Fsp3) is 0.190. The van der Waals surface area contributed by atoms with Gasteiger partial charge in [-0.3, -0.25) is 9.59 Å². The fourth-order valence-electron chi connectivity index (χ4n) is 3.48. The monoisotopic (exact) mass is 393 g/mol. The lowest BCUT2D eigenvalue weighted by molar-refractivity contribution is -0.139. The number of nitrogens with zero attached hydrogens (tertiary/aromatic N) is 3. The highest BCUT2D eigenvalue weighted by Gasteiger charge is 2.45. The van der Waals surface area contributed by atoms with Crippen LogP contribution in [0.1, 0.15) is 23.6 Å². The van der Waals surface area contributed by atoms with Crippen molar-refractivity contribution in [1.82, 2.24) is 14.5 Å². The van der Waals surface area contributed by atoms with Crippen LogP contribution < -0.4 is 0 Å². The summed E-state index contributed by atoms with van der Waals surface area (Å²) in [5.74, 6) is -1.34. The molecule has 0 bridgehead atoms. The molecule has 0 radical (unpaired) electrons. The van der Waals surface area contributed by atoms with Crippen molar-refractivity contribution in [2.24, 2.45) is 0 Å². The standard InChI is InChI=1S/C21H19N3O3S/c25-19(15-5-2-1-3-6-15)17-18(16-7-12-28-13-16)24(21(27)20(17)26)10-4-9-23-11-8-22-14-23/h1-3,5-8,11-14,18,25H,4,9-10H2/b19-17-. The number of imidazole rings is 1. The van der Waals surface area contributed by atoms with Gasteiger partial charge < -0.3 is 14.6 Å². The average Bonchev–Trinajstić information content (AvgIpc) is 3.46. The van der Waals surface area contributed by atoms with E-state index in [2.05, 4.69) is 4.98 Å². The summed E-state index contributed by atoms with van der Waals surface area (Å²) in [7, 11) is 0. The number of Topliss-reactive ketones (excluding diaryl/α,β-unsaturated/α-hetero) is 1. The van der Waals surface area contributed by atoms with Crippen LogP contribution in [0, 0.1) is 0 Å². The second-order valence-electron chi connectivity index (χ2n) is 6.57. The van der Waals surface area contributed by atoms with Crippen LogP contribution in [-0.2, 0) is 16.1 Å². The number of rotatable bonds is 6. The summed E-state index contributed by atoms with van der Waals surface area (Å²) in [6, 6.07) is 10.2. The largest absolute Gasteiger partial charge is 0.507 e. The molecule has 3 heterocycles. The van der Waals surface area contributed by atoms with E-state index < -0.39 is 17.7 Å². The minimum atomic E-state index is -0.639. The summed E-state index contributed by atoms with van der Waals surface area (Å²) in [5.41, 5.74) is 1.51. The Morgan fingerprint density at radius 3 is 2.64 bits per heavy atom. The zero-order chi connectivity index (χ0) is 19.5. The molecule has 1 aliphatic heterocycles. The van der Waals surface area contributed by atoms with Crippen molar-refractivity contribution in [3.8, 4) is 0 Å². The number of likely N-dealkylation sites (tertiary alicyclic amines) is 1. The summed E-state index contributed by atoms with van der Waals surface area (Å²) in [6.45, 7) is 1.10. The highest BCUT2D eigenvalue weighted by molar-refractivity contribution is 7.08. The van der Waals surface area contributed by atoms with Crippen molar-refractivity contribution < 1.29 is 14.7 Å². The molecule has 1 N–H and O–H groups in total. The Hall–Kier alpha value is -3.19. The van der Waals surface area contributed by atoms with Crippen LogP contribution in [0.5, 0.6) is 0 Å². The number of amides is 1. The van der Waals surface area contributed by atoms with Gasteiger partial charge in [-0.25, -0.2) is 4.98 Å². The summed E-state index contributed by atoms with van der Waals surface area (Å²) in [6.07, 6.45) is 5.96. The average molecular weight is 393 g/mol. The third-order valence-corrected chi connectivity index (χ3v) is 5.52. The Kier molecular flexibility index (Phi) is 5.08. The second-order valence-corrected chi connectivity index (χ2v) is 7.35. The second kappa shape index (κ2) is 7.82. The Labute approximate surface area is 166 Å². The molecule has 3 aromatic rings. The number of benzene rings is 1. The number of aromatic nitrogens is 2. The van der Waals surface area contributed by atoms with E-state index in [-0.39, 0.29) is 11.3 Å². The van der Waals surface area contributed by atoms with Gasteiger partial charge in [-0.05, 0) is 28.8 Å². The minimum absolute atomic E-state index is 0.132. The van der Waals surface area contributed by atoms with Gasteiger partial charge in [0.1, 0.15) is 5.76 Å². The molecule has 1 saturated heterocycles. The molecular weight excluding hydrogens is 374 g/mol. The van der Waals surface area contributed by atoms with Crippen LogP contribution in [0.3, 0.4) is 0 Å². The van der Waals surface area contributed by atoms with Crippen LogP contribution in [0.15, 0.2) is 71.5 Å². The van der Waals surface area contributed by atoms with Gasteiger partial charge in [-0.15, -0.1) is 0 Å². The van der Waals surface area contributed by atoms with Gasteiger partial charge in [0.15, 0.2) is 0 Å².